The highest BCUT2D eigenvalue weighted by Crippen LogP contribution is 2.27. The monoisotopic (exact) mass is 334 g/mol. The molecule has 0 spiro atoms. The van der Waals surface area contributed by atoms with Crippen molar-refractivity contribution < 1.29 is 18.0 Å². The second kappa shape index (κ2) is 6.21. The van der Waals surface area contributed by atoms with Crippen LogP contribution < -0.4 is 5.32 Å². The molecule has 1 heterocycles. The van der Waals surface area contributed by atoms with E-state index in [0.29, 0.717) is 0 Å². The molecule has 0 unspecified atom stereocenters. The maximum Gasteiger partial charge on any atom is 0.257 e. The number of nitrogens with zero attached hydrogens (tertiary/aromatic N) is 1. The molecule has 23 heavy (non-hydrogen) atoms. The first-order valence-electron chi connectivity index (χ1n) is 6.51. The van der Waals surface area contributed by atoms with Crippen LogP contribution in [-0.4, -0.2) is 10.9 Å². The largest absolute Gasteiger partial charge is 0.298 e. The molecule has 1 aromatic heterocycles. The molecular weight excluding hydrogens is 325 g/mol. The molecule has 1 N–H and O–H groups in total. The van der Waals surface area contributed by atoms with Crippen molar-refractivity contribution in [3.05, 3.63) is 70.9 Å². The highest BCUT2D eigenvalue weighted by Gasteiger charge is 2.13. The molecule has 0 saturated carbocycles. The molecule has 0 bridgehead atoms. The molecule has 0 aliphatic rings. The number of thiazole rings is 1. The van der Waals surface area contributed by atoms with Crippen LogP contribution in [0.4, 0.5) is 18.3 Å². The van der Waals surface area contributed by atoms with E-state index in [2.05, 4.69) is 10.3 Å². The quantitative estimate of drug-likeness (QED) is 0.767. The Balaban J connectivity index is 1.81. The Morgan fingerprint density at radius 1 is 1.00 bits per heavy atom. The van der Waals surface area contributed by atoms with E-state index in [4.69, 9.17) is 0 Å². The predicted molar refractivity (Wildman–Crippen MR) is 81.8 cm³/mol. The molecular formula is C16H9F3N2OS. The molecule has 0 aliphatic heterocycles. The van der Waals surface area contributed by atoms with Crippen molar-refractivity contribution in [1.82, 2.24) is 4.98 Å². The number of carbonyl (C=O) groups excluding carboxylic acids is 1. The fourth-order valence-corrected chi connectivity index (χ4v) is 2.62. The lowest BCUT2D eigenvalue weighted by Gasteiger charge is -2.02. The van der Waals surface area contributed by atoms with E-state index < -0.39 is 23.4 Å². The molecule has 0 saturated heterocycles. The Morgan fingerprint density at radius 2 is 1.70 bits per heavy atom. The predicted octanol–water partition coefficient (Wildman–Crippen LogP) is 4.48. The van der Waals surface area contributed by atoms with Crippen molar-refractivity contribution in [2.24, 2.45) is 0 Å². The Bertz CT molecular complexity index is 862. The van der Waals surface area contributed by atoms with Gasteiger partial charge >= 0.3 is 0 Å². The summed E-state index contributed by atoms with van der Waals surface area (Å²) in [5.74, 6) is -2.09. The summed E-state index contributed by atoms with van der Waals surface area (Å²) >= 11 is 1.08. The fraction of sp³-hybridized carbons (Fsp3) is 0. The molecule has 3 rings (SSSR count). The molecule has 1 amide bonds. The van der Waals surface area contributed by atoms with Gasteiger partial charge in [-0.1, -0.05) is 0 Å². The van der Waals surface area contributed by atoms with Crippen molar-refractivity contribution in [3.63, 3.8) is 0 Å². The molecule has 0 fully saturated rings. The maximum atomic E-state index is 13.7. The van der Waals surface area contributed by atoms with Crippen LogP contribution in [0.2, 0.25) is 0 Å². The average Bonchev–Trinajstić information content (AvgIpc) is 2.98. The number of hydrogen-bond acceptors (Lipinski definition) is 3. The fourth-order valence-electron chi connectivity index (χ4n) is 1.92. The van der Waals surface area contributed by atoms with Crippen LogP contribution in [0, 0.1) is 17.5 Å². The SMILES string of the molecule is O=C(Nc1nc(-c2cc(F)ccc2F)cs1)c1ccc(F)cc1. The van der Waals surface area contributed by atoms with E-state index in [1.165, 1.54) is 29.6 Å². The summed E-state index contributed by atoms with van der Waals surface area (Å²) in [5.41, 5.74) is 0.505. The topological polar surface area (TPSA) is 42.0 Å². The Labute approximate surface area is 133 Å². The summed E-state index contributed by atoms with van der Waals surface area (Å²) in [6.45, 7) is 0. The number of carbonyl (C=O) groups is 1. The summed E-state index contributed by atoms with van der Waals surface area (Å²) in [7, 11) is 0. The van der Waals surface area contributed by atoms with Gasteiger partial charge in [-0.25, -0.2) is 18.2 Å². The van der Waals surface area contributed by atoms with Crippen molar-refractivity contribution in [2.75, 3.05) is 5.32 Å². The van der Waals surface area contributed by atoms with Crippen molar-refractivity contribution in [2.45, 2.75) is 0 Å². The van der Waals surface area contributed by atoms with E-state index in [1.807, 2.05) is 0 Å². The Morgan fingerprint density at radius 3 is 2.43 bits per heavy atom. The molecule has 0 atom stereocenters. The normalized spacial score (nSPS) is 10.6. The summed E-state index contributed by atoms with van der Waals surface area (Å²) < 4.78 is 39.7. The summed E-state index contributed by atoms with van der Waals surface area (Å²) in [6, 6.07) is 8.09. The number of rotatable bonds is 3. The molecule has 0 radical (unpaired) electrons. The lowest BCUT2D eigenvalue weighted by atomic mass is 10.1. The lowest BCUT2D eigenvalue weighted by molar-refractivity contribution is 0.102. The average molecular weight is 334 g/mol. The van der Waals surface area contributed by atoms with Gasteiger partial charge in [0.15, 0.2) is 5.13 Å². The van der Waals surface area contributed by atoms with Gasteiger partial charge in [-0.3, -0.25) is 10.1 Å². The first-order valence-corrected chi connectivity index (χ1v) is 7.39. The smallest absolute Gasteiger partial charge is 0.257 e. The minimum absolute atomic E-state index is 0.0172. The zero-order valence-corrected chi connectivity index (χ0v) is 12.3. The van der Waals surface area contributed by atoms with Gasteiger partial charge in [-0.05, 0) is 42.5 Å². The summed E-state index contributed by atoms with van der Waals surface area (Å²) in [4.78, 5) is 16.1. The van der Waals surface area contributed by atoms with Crippen LogP contribution in [0.3, 0.4) is 0 Å². The third kappa shape index (κ3) is 3.40. The van der Waals surface area contributed by atoms with Gasteiger partial charge in [-0.15, -0.1) is 11.3 Å². The van der Waals surface area contributed by atoms with E-state index in [1.54, 1.807) is 0 Å². The molecule has 7 heteroatoms. The van der Waals surface area contributed by atoms with Gasteiger partial charge in [0.05, 0.1) is 5.69 Å². The van der Waals surface area contributed by atoms with Gasteiger partial charge < -0.3 is 0 Å². The zero-order valence-electron chi connectivity index (χ0n) is 11.5. The number of halogens is 3. The molecule has 0 aliphatic carbocycles. The molecule has 116 valence electrons. The maximum absolute atomic E-state index is 13.7. The number of aromatic nitrogens is 1. The second-order valence-corrected chi connectivity index (χ2v) is 5.48. The van der Waals surface area contributed by atoms with Crippen LogP contribution in [0.1, 0.15) is 10.4 Å². The number of anilines is 1. The number of amides is 1. The first kappa shape index (κ1) is 15.2. The highest BCUT2D eigenvalue weighted by molar-refractivity contribution is 7.14. The number of benzene rings is 2. The van der Waals surface area contributed by atoms with Crippen LogP contribution in [-0.2, 0) is 0 Å². The van der Waals surface area contributed by atoms with Crippen LogP contribution in [0.5, 0.6) is 0 Å². The van der Waals surface area contributed by atoms with Gasteiger partial charge in [-0.2, -0.15) is 0 Å². The van der Waals surface area contributed by atoms with Gasteiger partial charge in [0.25, 0.3) is 5.91 Å². The van der Waals surface area contributed by atoms with E-state index in [-0.39, 0.29) is 22.0 Å². The standard InChI is InChI=1S/C16H9F3N2OS/c17-10-3-1-9(2-4-10)15(22)21-16-20-14(8-23-16)12-7-11(18)5-6-13(12)19/h1-8H,(H,20,21,22). The zero-order chi connectivity index (χ0) is 16.4. The van der Waals surface area contributed by atoms with Gasteiger partial charge in [0, 0.05) is 16.5 Å². The van der Waals surface area contributed by atoms with Crippen LogP contribution >= 0.6 is 11.3 Å². The second-order valence-electron chi connectivity index (χ2n) is 4.62. The van der Waals surface area contributed by atoms with Crippen molar-refractivity contribution in [3.8, 4) is 11.3 Å². The van der Waals surface area contributed by atoms with E-state index >= 15 is 0 Å². The lowest BCUT2D eigenvalue weighted by Crippen LogP contribution is -2.11. The summed E-state index contributed by atoms with van der Waals surface area (Å²) in [5, 5.41) is 4.28. The Hall–Kier alpha value is -2.67. The minimum atomic E-state index is -0.604. The number of hydrogen-bond donors (Lipinski definition) is 1. The third-order valence-corrected chi connectivity index (χ3v) is 3.79. The number of nitrogens with one attached hydrogen (secondary N) is 1. The van der Waals surface area contributed by atoms with E-state index in [9.17, 15) is 18.0 Å². The highest BCUT2D eigenvalue weighted by atomic mass is 32.1. The van der Waals surface area contributed by atoms with E-state index in [0.717, 1.165) is 29.5 Å². The minimum Gasteiger partial charge on any atom is -0.298 e. The van der Waals surface area contributed by atoms with Crippen LogP contribution in [0.25, 0.3) is 11.3 Å². The van der Waals surface area contributed by atoms with Gasteiger partial charge in [0.2, 0.25) is 0 Å². The molecule has 2 aromatic carbocycles. The van der Waals surface area contributed by atoms with Crippen molar-refractivity contribution in [1.29, 1.82) is 0 Å². The first-order chi connectivity index (χ1) is 11.0. The van der Waals surface area contributed by atoms with Crippen molar-refractivity contribution >= 4 is 22.4 Å². The third-order valence-electron chi connectivity index (χ3n) is 3.04. The Kier molecular flexibility index (Phi) is 4.12. The van der Waals surface area contributed by atoms with Gasteiger partial charge in [0.1, 0.15) is 17.5 Å². The van der Waals surface area contributed by atoms with Crippen LogP contribution in [0.15, 0.2) is 47.8 Å². The molecule has 3 nitrogen and oxygen atoms in total. The molecule has 3 aromatic rings. The summed E-state index contributed by atoms with van der Waals surface area (Å²) in [6.07, 6.45) is 0.